The lowest BCUT2D eigenvalue weighted by molar-refractivity contribution is 0.0694. The van der Waals surface area contributed by atoms with Gasteiger partial charge in [0.1, 0.15) is 5.75 Å². The Hall–Kier alpha value is -2.84. The summed E-state index contributed by atoms with van der Waals surface area (Å²) in [7, 11) is 6.48. The first-order chi connectivity index (χ1) is 18.1. The van der Waals surface area contributed by atoms with Gasteiger partial charge in [0.15, 0.2) is 23.0 Å². The van der Waals surface area contributed by atoms with Crippen molar-refractivity contribution in [3.8, 4) is 28.7 Å². The molecule has 0 saturated carbocycles. The third-order valence-electron chi connectivity index (χ3n) is 7.35. The summed E-state index contributed by atoms with van der Waals surface area (Å²) < 4.78 is 27.5. The fourth-order valence-electron chi connectivity index (χ4n) is 5.39. The number of nitrogens with zero attached hydrogens (tertiary/aromatic N) is 2. The summed E-state index contributed by atoms with van der Waals surface area (Å²) in [6, 6.07) is 9.41. The number of likely N-dealkylation sites (tertiary alicyclic amines) is 1. The highest BCUT2D eigenvalue weighted by Crippen LogP contribution is 2.34. The molecule has 210 valence electrons. The first-order valence-electron chi connectivity index (χ1n) is 13.2. The van der Waals surface area contributed by atoms with Gasteiger partial charge in [-0.15, -0.1) is 12.4 Å². The smallest absolute Gasteiger partial charge is 0.254 e. The van der Waals surface area contributed by atoms with Crippen LogP contribution in [0.2, 0.25) is 0 Å². The summed E-state index contributed by atoms with van der Waals surface area (Å²) in [5, 5.41) is 0. The first-order valence-corrected chi connectivity index (χ1v) is 13.2. The zero-order valence-electron chi connectivity index (χ0n) is 23.0. The first kappa shape index (κ1) is 29.7. The van der Waals surface area contributed by atoms with E-state index in [1.54, 1.807) is 28.4 Å². The molecule has 1 fully saturated rings. The summed E-state index contributed by atoms with van der Waals surface area (Å²) in [4.78, 5) is 17.9. The molecule has 0 aliphatic carbocycles. The molecule has 2 aliphatic rings. The van der Waals surface area contributed by atoms with Gasteiger partial charge in [0, 0.05) is 37.8 Å². The van der Waals surface area contributed by atoms with Crippen LogP contribution in [-0.4, -0.2) is 83.5 Å². The molecule has 1 amide bonds. The van der Waals surface area contributed by atoms with Gasteiger partial charge in [-0.1, -0.05) is 6.42 Å². The van der Waals surface area contributed by atoms with E-state index in [2.05, 4.69) is 4.90 Å². The Morgan fingerprint density at radius 2 is 1.58 bits per heavy atom. The third-order valence-corrected chi connectivity index (χ3v) is 7.35. The second kappa shape index (κ2) is 14.4. The van der Waals surface area contributed by atoms with Gasteiger partial charge >= 0.3 is 0 Å². The Kier molecular flexibility index (Phi) is 11.2. The molecule has 0 aromatic heterocycles. The molecule has 0 N–H and O–H groups in total. The van der Waals surface area contributed by atoms with Crippen LogP contribution < -0.4 is 23.7 Å². The average Bonchev–Trinajstić information content (AvgIpc) is 3.16. The van der Waals surface area contributed by atoms with Crippen molar-refractivity contribution in [1.82, 2.24) is 9.80 Å². The molecule has 1 atom stereocenters. The molecule has 8 nitrogen and oxygen atoms in total. The molecular formula is C29H41ClN2O6. The number of halogens is 1. The minimum atomic E-state index is 0. The van der Waals surface area contributed by atoms with Gasteiger partial charge in [0.25, 0.3) is 5.91 Å². The molecular weight excluding hydrogens is 508 g/mol. The predicted octanol–water partition coefficient (Wildman–Crippen LogP) is 4.71. The van der Waals surface area contributed by atoms with Gasteiger partial charge in [0.05, 0.1) is 35.0 Å². The second-order valence-electron chi connectivity index (χ2n) is 9.75. The van der Waals surface area contributed by atoms with Gasteiger partial charge < -0.3 is 33.5 Å². The lowest BCUT2D eigenvalue weighted by Gasteiger charge is -2.33. The summed E-state index contributed by atoms with van der Waals surface area (Å²) in [6.45, 7) is 5.28. The van der Waals surface area contributed by atoms with Crippen molar-refractivity contribution in [1.29, 1.82) is 0 Å². The highest BCUT2D eigenvalue weighted by molar-refractivity contribution is 5.97. The highest BCUT2D eigenvalue weighted by Gasteiger charge is 2.29. The monoisotopic (exact) mass is 548 g/mol. The Morgan fingerprint density at radius 1 is 0.868 bits per heavy atom. The van der Waals surface area contributed by atoms with E-state index < -0.39 is 0 Å². The number of amides is 1. The maximum atomic E-state index is 13.3. The molecule has 1 saturated heterocycles. The van der Waals surface area contributed by atoms with E-state index in [-0.39, 0.29) is 18.3 Å². The maximum absolute atomic E-state index is 13.3. The Bertz CT molecular complexity index is 1070. The van der Waals surface area contributed by atoms with E-state index in [4.69, 9.17) is 23.7 Å². The topological polar surface area (TPSA) is 69.7 Å². The minimum absolute atomic E-state index is 0. The van der Waals surface area contributed by atoms with Crippen LogP contribution in [-0.2, 0) is 6.42 Å². The van der Waals surface area contributed by atoms with Crippen LogP contribution in [0.15, 0.2) is 30.3 Å². The Morgan fingerprint density at radius 3 is 2.32 bits per heavy atom. The van der Waals surface area contributed by atoms with E-state index in [0.717, 1.165) is 68.9 Å². The van der Waals surface area contributed by atoms with Crippen molar-refractivity contribution in [2.45, 2.75) is 32.1 Å². The van der Waals surface area contributed by atoms with Crippen molar-refractivity contribution in [2.75, 3.05) is 67.8 Å². The van der Waals surface area contributed by atoms with E-state index in [1.807, 2.05) is 35.2 Å². The van der Waals surface area contributed by atoms with Crippen LogP contribution in [0.1, 0.15) is 41.6 Å². The summed E-state index contributed by atoms with van der Waals surface area (Å²) in [5.41, 5.74) is 1.78. The number of hydrogen-bond acceptors (Lipinski definition) is 7. The van der Waals surface area contributed by atoms with Crippen molar-refractivity contribution in [3.63, 3.8) is 0 Å². The number of ether oxygens (including phenoxy) is 5. The second-order valence-corrected chi connectivity index (χ2v) is 9.75. The molecule has 2 aromatic carbocycles. The largest absolute Gasteiger partial charge is 0.493 e. The van der Waals surface area contributed by atoms with E-state index in [0.29, 0.717) is 35.5 Å². The van der Waals surface area contributed by atoms with Gasteiger partial charge in [-0.3, -0.25) is 4.79 Å². The number of rotatable bonds is 11. The SMILES string of the molecule is COc1ccc(OCCCN2CCCCC(CN3CCc4cc(OC)c(OC)cc4C3=O)C2)cc1OC.Cl. The van der Waals surface area contributed by atoms with Crippen LogP contribution >= 0.6 is 12.4 Å². The van der Waals surface area contributed by atoms with Gasteiger partial charge in [0.2, 0.25) is 0 Å². The molecule has 0 spiro atoms. The Balaban J connectivity index is 0.00000400. The third kappa shape index (κ3) is 7.17. The number of carbonyl (C=O) groups excluding carboxylic acids is 1. The normalized spacial score (nSPS) is 17.6. The zero-order valence-corrected chi connectivity index (χ0v) is 23.8. The molecule has 0 bridgehead atoms. The number of fused-ring (bicyclic) bond motifs is 1. The lowest BCUT2D eigenvalue weighted by Crippen LogP contribution is -2.43. The standard InChI is InChI=1S/C29H40N2O6.ClH/c1-33-25-10-9-23(17-27(25)35-3)37-15-7-13-30-12-6-5-8-21(19-30)20-31-14-11-22-16-26(34-2)28(36-4)18-24(22)29(31)32;/h9-10,16-18,21H,5-8,11-15,19-20H2,1-4H3;1H. The predicted molar refractivity (Wildman–Crippen MR) is 150 cm³/mol. The summed E-state index contributed by atoms with van der Waals surface area (Å²) in [5.74, 6) is 4.00. The van der Waals surface area contributed by atoms with Crippen molar-refractivity contribution in [2.24, 2.45) is 5.92 Å². The molecule has 4 rings (SSSR count). The van der Waals surface area contributed by atoms with Crippen molar-refractivity contribution in [3.05, 3.63) is 41.5 Å². The van der Waals surface area contributed by atoms with Crippen LogP contribution in [0.4, 0.5) is 0 Å². The van der Waals surface area contributed by atoms with Crippen LogP contribution in [0.5, 0.6) is 28.7 Å². The van der Waals surface area contributed by atoms with Crippen LogP contribution in [0, 0.1) is 5.92 Å². The molecule has 1 unspecified atom stereocenters. The van der Waals surface area contributed by atoms with Crippen molar-refractivity contribution < 1.29 is 28.5 Å². The number of benzene rings is 2. The quantitative estimate of drug-likeness (QED) is 0.377. The van der Waals surface area contributed by atoms with Gasteiger partial charge in [-0.05, 0) is 68.0 Å². The van der Waals surface area contributed by atoms with E-state index >= 15 is 0 Å². The van der Waals surface area contributed by atoms with Gasteiger partial charge in [-0.2, -0.15) is 0 Å². The average molecular weight is 549 g/mol. The molecule has 0 radical (unpaired) electrons. The fourth-order valence-corrected chi connectivity index (χ4v) is 5.39. The number of hydrogen-bond donors (Lipinski definition) is 0. The van der Waals surface area contributed by atoms with Crippen LogP contribution in [0.25, 0.3) is 0 Å². The molecule has 2 aliphatic heterocycles. The number of carbonyl (C=O) groups is 1. The highest BCUT2D eigenvalue weighted by atomic mass is 35.5. The van der Waals surface area contributed by atoms with Crippen LogP contribution in [0.3, 0.4) is 0 Å². The number of methoxy groups -OCH3 is 4. The molecule has 2 heterocycles. The van der Waals surface area contributed by atoms with E-state index in [9.17, 15) is 4.79 Å². The Labute approximate surface area is 232 Å². The minimum Gasteiger partial charge on any atom is -0.493 e. The molecule has 2 aromatic rings. The summed E-state index contributed by atoms with van der Waals surface area (Å²) in [6.07, 6.45) is 5.33. The van der Waals surface area contributed by atoms with Crippen molar-refractivity contribution >= 4 is 18.3 Å². The fraction of sp³-hybridized carbons (Fsp3) is 0.552. The zero-order chi connectivity index (χ0) is 26.2. The maximum Gasteiger partial charge on any atom is 0.254 e. The molecule has 38 heavy (non-hydrogen) atoms. The molecule has 9 heteroatoms. The van der Waals surface area contributed by atoms with Gasteiger partial charge in [-0.25, -0.2) is 0 Å². The summed E-state index contributed by atoms with van der Waals surface area (Å²) >= 11 is 0. The van der Waals surface area contributed by atoms with E-state index in [1.165, 1.54) is 12.8 Å². The lowest BCUT2D eigenvalue weighted by atomic mass is 9.95.